The Morgan fingerprint density at radius 1 is 0.800 bits per heavy atom. The zero-order valence-electron chi connectivity index (χ0n) is 35.6. The van der Waals surface area contributed by atoms with E-state index in [1.54, 1.807) is 0 Å². The van der Waals surface area contributed by atoms with E-state index in [0.717, 1.165) is 38.5 Å². The molecule has 0 radical (unpaired) electrons. The highest BCUT2D eigenvalue weighted by atomic mass is 31.2. The van der Waals surface area contributed by atoms with Crippen molar-refractivity contribution in [1.82, 2.24) is 5.32 Å². The van der Waals surface area contributed by atoms with Crippen LogP contribution in [0.5, 0.6) is 0 Å². The smallest absolute Gasteiger partial charge is 0.450 e. The number of amides is 1. The summed E-state index contributed by atoms with van der Waals surface area (Å²) < 4.78 is 50.1. The fraction of sp³-hybridized carbons (Fsp3) is 0.818. The standard InChI is InChI=1S/C44H81N2O8P/c1-8-13-15-17-18-19-20-21-22-23-24-25-26-28-30-32-40(47)46-41-43(49-36-33-37(6)31-29-27-16-14-9-2)42(39(12-5)53-44(41)52-38(7)45)54-55(48,50-34-10-3)51-35-11-4/h10-11,19-20,37,39,41-45H,3-4,8-9,12-18,21-36H2,1-2,5-7H3,(H,46,47)/b20-19-,45-38?/t37-,39?,41?,42?,43?,44?/m1/s1. The molecule has 1 saturated heterocycles. The van der Waals surface area contributed by atoms with Crippen molar-refractivity contribution in [2.45, 2.75) is 207 Å². The van der Waals surface area contributed by atoms with Gasteiger partial charge in [0.1, 0.15) is 18.2 Å². The molecule has 0 saturated carbocycles. The van der Waals surface area contributed by atoms with Crippen LogP contribution in [0, 0.1) is 11.3 Å². The average Bonchev–Trinajstić information content (AvgIpc) is 3.16. The Bertz CT molecular complexity index is 1070. The van der Waals surface area contributed by atoms with E-state index < -0.39 is 38.5 Å². The SMILES string of the molecule is C=CCOP(=O)(OCC=C)OC1C(CC)OC(OC(C)=N)C(NC(=O)CCCCCCCCC/C=C\CCCCCC)C1OCC[C@H](C)CCCCCCC. The molecule has 1 heterocycles. The predicted molar refractivity (Wildman–Crippen MR) is 226 cm³/mol. The monoisotopic (exact) mass is 797 g/mol. The van der Waals surface area contributed by atoms with Gasteiger partial charge in [0.15, 0.2) is 5.90 Å². The summed E-state index contributed by atoms with van der Waals surface area (Å²) in [6.45, 7) is 17.7. The van der Waals surface area contributed by atoms with Gasteiger partial charge >= 0.3 is 7.82 Å². The van der Waals surface area contributed by atoms with Crippen molar-refractivity contribution in [2.24, 2.45) is 5.92 Å². The van der Waals surface area contributed by atoms with E-state index in [1.165, 1.54) is 109 Å². The van der Waals surface area contributed by atoms with Crippen LogP contribution in [0.25, 0.3) is 0 Å². The Morgan fingerprint density at radius 2 is 1.35 bits per heavy atom. The number of phosphoric acid groups is 1. The Balaban J connectivity index is 2.95. The summed E-state index contributed by atoms with van der Waals surface area (Å²) in [6.07, 6.45) is 28.3. The molecule has 1 fully saturated rings. The van der Waals surface area contributed by atoms with Crippen LogP contribution in [0.3, 0.4) is 0 Å². The zero-order valence-corrected chi connectivity index (χ0v) is 36.5. The average molecular weight is 797 g/mol. The van der Waals surface area contributed by atoms with E-state index >= 15 is 0 Å². The molecule has 11 heteroatoms. The number of unbranched alkanes of at least 4 members (excludes halogenated alkanes) is 15. The van der Waals surface area contributed by atoms with Crippen molar-refractivity contribution in [3.05, 3.63) is 37.5 Å². The predicted octanol–water partition coefficient (Wildman–Crippen LogP) is 12.3. The van der Waals surface area contributed by atoms with Crippen LogP contribution in [0.1, 0.15) is 176 Å². The zero-order chi connectivity index (χ0) is 40.6. The van der Waals surface area contributed by atoms with E-state index in [9.17, 15) is 9.36 Å². The summed E-state index contributed by atoms with van der Waals surface area (Å²) in [5.74, 6) is 0.219. The van der Waals surface area contributed by atoms with Gasteiger partial charge in [-0.2, -0.15) is 0 Å². The number of carbonyl (C=O) groups is 1. The molecule has 2 N–H and O–H groups in total. The third-order valence-electron chi connectivity index (χ3n) is 10.0. The summed E-state index contributed by atoms with van der Waals surface area (Å²) in [6, 6.07) is -0.845. The van der Waals surface area contributed by atoms with Gasteiger partial charge in [0.25, 0.3) is 0 Å². The Kier molecular flexibility index (Phi) is 30.9. The lowest BCUT2D eigenvalue weighted by molar-refractivity contribution is -0.249. The van der Waals surface area contributed by atoms with Crippen LogP contribution in [-0.4, -0.2) is 62.3 Å². The molecule has 5 unspecified atom stereocenters. The molecule has 6 atom stereocenters. The fourth-order valence-corrected chi connectivity index (χ4v) is 8.11. The van der Waals surface area contributed by atoms with Crippen LogP contribution in [0.15, 0.2) is 37.5 Å². The van der Waals surface area contributed by atoms with Gasteiger partial charge in [0.2, 0.25) is 12.2 Å². The fourth-order valence-electron chi connectivity index (χ4n) is 6.78. The maximum atomic E-state index is 13.9. The summed E-state index contributed by atoms with van der Waals surface area (Å²) in [5, 5.41) is 11.2. The van der Waals surface area contributed by atoms with Gasteiger partial charge in [0.05, 0.1) is 19.3 Å². The van der Waals surface area contributed by atoms with Gasteiger partial charge < -0.3 is 19.5 Å². The highest BCUT2D eigenvalue weighted by Gasteiger charge is 2.51. The minimum absolute atomic E-state index is 0.0540. The van der Waals surface area contributed by atoms with Gasteiger partial charge in [-0.25, -0.2) is 4.57 Å². The van der Waals surface area contributed by atoms with E-state index in [2.05, 4.69) is 51.4 Å². The normalized spacial score (nSPS) is 20.7. The van der Waals surface area contributed by atoms with Gasteiger partial charge in [-0.05, 0) is 50.9 Å². The third kappa shape index (κ3) is 24.5. The second-order valence-electron chi connectivity index (χ2n) is 15.2. The molecule has 0 aromatic carbocycles. The lowest BCUT2D eigenvalue weighted by Gasteiger charge is -2.46. The van der Waals surface area contributed by atoms with Gasteiger partial charge in [-0.1, -0.05) is 142 Å². The van der Waals surface area contributed by atoms with Gasteiger partial charge in [0, 0.05) is 20.0 Å². The highest BCUT2D eigenvalue weighted by molar-refractivity contribution is 7.48. The van der Waals surface area contributed by atoms with Crippen molar-refractivity contribution >= 4 is 19.6 Å². The number of hydrogen-bond donors (Lipinski definition) is 2. The first-order valence-electron chi connectivity index (χ1n) is 21.9. The molecule has 1 amide bonds. The van der Waals surface area contributed by atoms with Crippen LogP contribution >= 0.6 is 7.82 Å². The highest BCUT2D eigenvalue weighted by Crippen LogP contribution is 2.52. The molecule has 1 aliphatic rings. The maximum Gasteiger partial charge on any atom is 0.475 e. The quantitative estimate of drug-likeness (QED) is 0.0211. The van der Waals surface area contributed by atoms with Crippen molar-refractivity contribution in [3.8, 4) is 0 Å². The third-order valence-corrected chi connectivity index (χ3v) is 11.4. The minimum Gasteiger partial charge on any atom is -0.450 e. The minimum atomic E-state index is -4.14. The van der Waals surface area contributed by atoms with Crippen molar-refractivity contribution < 1.29 is 37.1 Å². The molecule has 0 bridgehead atoms. The largest absolute Gasteiger partial charge is 0.475 e. The maximum absolute atomic E-state index is 13.9. The molecule has 1 rings (SSSR count). The summed E-state index contributed by atoms with van der Waals surface area (Å²) in [7, 11) is -4.14. The molecule has 10 nitrogen and oxygen atoms in total. The van der Waals surface area contributed by atoms with Crippen molar-refractivity contribution in [2.75, 3.05) is 19.8 Å². The van der Waals surface area contributed by atoms with Gasteiger partial charge in [-0.3, -0.25) is 23.8 Å². The van der Waals surface area contributed by atoms with E-state index in [1.807, 2.05) is 6.92 Å². The number of phosphoric ester groups is 1. The van der Waals surface area contributed by atoms with E-state index in [-0.39, 0.29) is 25.0 Å². The number of carbonyl (C=O) groups excluding carboxylic acids is 1. The Morgan fingerprint density at radius 3 is 1.91 bits per heavy atom. The molecule has 0 aromatic rings. The molecule has 0 aromatic heterocycles. The molecule has 320 valence electrons. The molecule has 0 aliphatic carbocycles. The lowest BCUT2D eigenvalue weighted by atomic mass is 9.94. The lowest BCUT2D eigenvalue weighted by Crippen LogP contribution is -2.65. The topological polar surface area (TPSA) is 125 Å². The van der Waals surface area contributed by atoms with Crippen LogP contribution in [0.4, 0.5) is 0 Å². The van der Waals surface area contributed by atoms with Crippen LogP contribution in [0.2, 0.25) is 0 Å². The summed E-state index contributed by atoms with van der Waals surface area (Å²) in [4.78, 5) is 13.5. The molecule has 1 aliphatic heterocycles. The number of rotatable bonds is 36. The summed E-state index contributed by atoms with van der Waals surface area (Å²) >= 11 is 0. The number of nitrogens with one attached hydrogen (secondary N) is 2. The second kappa shape index (κ2) is 33.2. The molecule has 0 spiro atoms. The Hall–Kier alpha value is -1.81. The first kappa shape index (κ1) is 51.2. The van der Waals surface area contributed by atoms with Gasteiger partial charge in [-0.15, -0.1) is 13.2 Å². The van der Waals surface area contributed by atoms with E-state index in [4.69, 9.17) is 33.2 Å². The Labute approximate surface area is 336 Å². The van der Waals surface area contributed by atoms with E-state index in [0.29, 0.717) is 25.4 Å². The van der Waals surface area contributed by atoms with Crippen LogP contribution < -0.4 is 5.32 Å². The molecular weight excluding hydrogens is 715 g/mol. The van der Waals surface area contributed by atoms with Crippen molar-refractivity contribution in [3.63, 3.8) is 0 Å². The van der Waals surface area contributed by atoms with Crippen LogP contribution in [-0.2, 0) is 37.1 Å². The molecular formula is C44H81N2O8P. The number of hydrogen-bond acceptors (Lipinski definition) is 9. The first-order valence-corrected chi connectivity index (χ1v) is 23.3. The second-order valence-corrected chi connectivity index (χ2v) is 16.8. The summed E-state index contributed by atoms with van der Waals surface area (Å²) in [5.41, 5.74) is 0. The van der Waals surface area contributed by atoms with Crippen molar-refractivity contribution in [1.29, 1.82) is 5.41 Å². The number of allylic oxidation sites excluding steroid dienone is 2. The first-order chi connectivity index (χ1) is 26.6. The molecule has 55 heavy (non-hydrogen) atoms. The number of ether oxygens (including phenoxy) is 3.